The lowest BCUT2D eigenvalue weighted by Gasteiger charge is -2.39. The standard InChI is InChI=1S/C9H12N2O3/c12-6-1-3-8-10(6)5-11-7(13)2-4-9(11)14-8/h8-9H,1-5H2. The first-order valence-corrected chi connectivity index (χ1v) is 5.00. The predicted molar refractivity (Wildman–Crippen MR) is 45.7 cm³/mol. The normalized spacial score (nSPS) is 36.3. The summed E-state index contributed by atoms with van der Waals surface area (Å²) >= 11 is 0. The lowest BCUT2D eigenvalue weighted by atomic mass is 10.3. The molecule has 3 saturated heterocycles. The van der Waals surface area contributed by atoms with Crippen molar-refractivity contribution in [2.45, 2.75) is 38.1 Å². The largest absolute Gasteiger partial charge is 0.335 e. The number of carbonyl (C=O) groups excluding carboxylic acids is 2. The Morgan fingerprint density at radius 2 is 1.50 bits per heavy atom. The third kappa shape index (κ3) is 0.987. The first-order valence-electron chi connectivity index (χ1n) is 5.00. The fourth-order valence-corrected chi connectivity index (χ4v) is 2.38. The van der Waals surface area contributed by atoms with E-state index in [9.17, 15) is 9.59 Å². The minimum Gasteiger partial charge on any atom is -0.335 e. The molecule has 14 heavy (non-hydrogen) atoms. The van der Waals surface area contributed by atoms with E-state index in [1.54, 1.807) is 9.80 Å². The zero-order valence-corrected chi connectivity index (χ0v) is 7.81. The smallest absolute Gasteiger partial charge is 0.226 e. The maximum absolute atomic E-state index is 11.4. The molecule has 0 radical (unpaired) electrons. The number of amides is 2. The van der Waals surface area contributed by atoms with E-state index in [0.29, 0.717) is 19.5 Å². The van der Waals surface area contributed by atoms with Crippen molar-refractivity contribution in [1.29, 1.82) is 0 Å². The van der Waals surface area contributed by atoms with Crippen molar-refractivity contribution in [3.05, 3.63) is 0 Å². The number of rotatable bonds is 0. The number of nitrogens with zero attached hydrogens (tertiary/aromatic N) is 2. The highest BCUT2D eigenvalue weighted by Crippen LogP contribution is 2.32. The highest BCUT2D eigenvalue weighted by Gasteiger charge is 2.44. The summed E-state index contributed by atoms with van der Waals surface area (Å²) in [6.45, 7) is 0.438. The summed E-state index contributed by atoms with van der Waals surface area (Å²) in [5.41, 5.74) is 0. The minimum atomic E-state index is -0.0744. The van der Waals surface area contributed by atoms with Gasteiger partial charge in [0, 0.05) is 25.7 Å². The summed E-state index contributed by atoms with van der Waals surface area (Å²) in [5.74, 6) is 0.210. The molecule has 2 amide bonds. The molecule has 2 atom stereocenters. The van der Waals surface area contributed by atoms with Crippen LogP contribution in [0.1, 0.15) is 25.7 Å². The Kier molecular flexibility index (Phi) is 1.58. The van der Waals surface area contributed by atoms with Gasteiger partial charge in [-0.1, -0.05) is 0 Å². The summed E-state index contributed by atoms with van der Waals surface area (Å²) in [5, 5.41) is 0. The van der Waals surface area contributed by atoms with Crippen LogP contribution in [0.5, 0.6) is 0 Å². The molecule has 0 aromatic carbocycles. The van der Waals surface area contributed by atoms with Gasteiger partial charge in [-0.15, -0.1) is 0 Å². The van der Waals surface area contributed by atoms with Crippen LogP contribution in [0.2, 0.25) is 0 Å². The Morgan fingerprint density at radius 3 is 2.00 bits per heavy atom. The highest BCUT2D eigenvalue weighted by atomic mass is 16.5. The third-order valence-electron chi connectivity index (χ3n) is 3.17. The van der Waals surface area contributed by atoms with Gasteiger partial charge in [0.1, 0.15) is 19.1 Å². The van der Waals surface area contributed by atoms with E-state index in [-0.39, 0.29) is 24.3 Å². The molecule has 0 aromatic rings. The Balaban J connectivity index is 1.83. The summed E-state index contributed by atoms with van der Waals surface area (Å²) in [4.78, 5) is 26.2. The van der Waals surface area contributed by atoms with Crippen molar-refractivity contribution in [3.8, 4) is 0 Å². The third-order valence-corrected chi connectivity index (χ3v) is 3.17. The van der Waals surface area contributed by atoms with Crippen molar-refractivity contribution in [2.75, 3.05) is 6.67 Å². The van der Waals surface area contributed by atoms with Crippen LogP contribution in [0.4, 0.5) is 0 Å². The Hall–Kier alpha value is -1.10. The van der Waals surface area contributed by atoms with Crippen LogP contribution in [0, 0.1) is 0 Å². The molecule has 76 valence electrons. The minimum absolute atomic E-state index is 0.0744. The van der Waals surface area contributed by atoms with E-state index >= 15 is 0 Å². The van der Waals surface area contributed by atoms with Gasteiger partial charge in [-0.25, -0.2) is 0 Å². The number of hydrogen-bond donors (Lipinski definition) is 0. The maximum Gasteiger partial charge on any atom is 0.226 e. The molecule has 0 bridgehead atoms. The van der Waals surface area contributed by atoms with Gasteiger partial charge in [0.25, 0.3) is 0 Å². The molecule has 2 unspecified atom stereocenters. The number of carbonyl (C=O) groups is 2. The molecule has 5 nitrogen and oxygen atoms in total. The van der Waals surface area contributed by atoms with Gasteiger partial charge in [0.05, 0.1) is 0 Å². The average Bonchev–Trinajstić information content (AvgIpc) is 2.71. The van der Waals surface area contributed by atoms with Crippen molar-refractivity contribution < 1.29 is 14.3 Å². The second-order valence-corrected chi connectivity index (χ2v) is 3.99. The van der Waals surface area contributed by atoms with Crippen LogP contribution >= 0.6 is 0 Å². The van der Waals surface area contributed by atoms with Crippen molar-refractivity contribution in [3.63, 3.8) is 0 Å². The van der Waals surface area contributed by atoms with Crippen LogP contribution in [0.25, 0.3) is 0 Å². The highest BCUT2D eigenvalue weighted by molar-refractivity contribution is 5.81. The first-order chi connectivity index (χ1) is 6.75. The Morgan fingerprint density at radius 1 is 1.00 bits per heavy atom. The molecule has 3 heterocycles. The average molecular weight is 196 g/mol. The molecule has 3 rings (SSSR count). The van der Waals surface area contributed by atoms with Crippen LogP contribution in [0.15, 0.2) is 0 Å². The van der Waals surface area contributed by atoms with Gasteiger partial charge in [-0.3, -0.25) is 19.4 Å². The number of ether oxygens (including phenoxy) is 1. The zero-order chi connectivity index (χ0) is 9.71. The Labute approximate surface area is 81.6 Å². The lowest BCUT2D eigenvalue weighted by Crippen LogP contribution is -2.54. The molecule has 3 aliphatic heterocycles. The van der Waals surface area contributed by atoms with E-state index in [2.05, 4.69) is 0 Å². The second-order valence-electron chi connectivity index (χ2n) is 3.99. The van der Waals surface area contributed by atoms with E-state index in [0.717, 1.165) is 12.8 Å². The van der Waals surface area contributed by atoms with Gasteiger partial charge in [-0.2, -0.15) is 0 Å². The van der Waals surface area contributed by atoms with Gasteiger partial charge >= 0.3 is 0 Å². The molecule has 5 heteroatoms. The summed E-state index contributed by atoms with van der Waals surface area (Å²) in [6, 6.07) is 0. The molecule has 3 aliphatic rings. The van der Waals surface area contributed by atoms with Gasteiger partial charge in [0.2, 0.25) is 11.8 Å². The summed E-state index contributed by atoms with van der Waals surface area (Å²) in [6.07, 6.45) is 2.51. The molecule has 0 saturated carbocycles. The second kappa shape index (κ2) is 2.70. The monoisotopic (exact) mass is 196 g/mol. The molecule has 0 aliphatic carbocycles. The zero-order valence-electron chi connectivity index (χ0n) is 7.81. The number of fused-ring (bicyclic) bond motifs is 2. The van der Waals surface area contributed by atoms with Crippen molar-refractivity contribution >= 4 is 11.8 Å². The lowest BCUT2D eigenvalue weighted by molar-refractivity contribution is -0.199. The summed E-state index contributed by atoms with van der Waals surface area (Å²) in [7, 11) is 0. The maximum atomic E-state index is 11.4. The fraction of sp³-hybridized carbons (Fsp3) is 0.778. The fourth-order valence-electron chi connectivity index (χ4n) is 2.38. The van der Waals surface area contributed by atoms with E-state index in [1.807, 2.05) is 0 Å². The molecule has 3 fully saturated rings. The number of hydrogen-bond acceptors (Lipinski definition) is 3. The molecule has 0 aromatic heterocycles. The molecular weight excluding hydrogens is 184 g/mol. The SMILES string of the molecule is O=C1CCC2OC3CCC(=O)N3CN12. The quantitative estimate of drug-likeness (QED) is 0.542. The van der Waals surface area contributed by atoms with Gasteiger partial charge in [0.15, 0.2) is 0 Å². The van der Waals surface area contributed by atoms with E-state index in [4.69, 9.17) is 4.74 Å². The molecular formula is C9H12N2O3. The Bertz CT molecular complexity index is 276. The summed E-state index contributed by atoms with van der Waals surface area (Å²) < 4.78 is 5.69. The molecule has 0 N–H and O–H groups in total. The van der Waals surface area contributed by atoms with Gasteiger partial charge < -0.3 is 4.74 Å². The van der Waals surface area contributed by atoms with Gasteiger partial charge in [-0.05, 0) is 0 Å². The van der Waals surface area contributed by atoms with Crippen LogP contribution in [-0.2, 0) is 14.3 Å². The van der Waals surface area contributed by atoms with Crippen molar-refractivity contribution in [2.24, 2.45) is 0 Å². The van der Waals surface area contributed by atoms with E-state index in [1.165, 1.54) is 0 Å². The van der Waals surface area contributed by atoms with Crippen LogP contribution in [0.3, 0.4) is 0 Å². The predicted octanol–water partition coefficient (Wildman–Crippen LogP) is -0.129. The van der Waals surface area contributed by atoms with E-state index < -0.39 is 0 Å². The van der Waals surface area contributed by atoms with Crippen molar-refractivity contribution in [1.82, 2.24) is 9.80 Å². The topological polar surface area (TPSA) is 49.9 Å². The van der Waals surface area contributed by atoms with Crippen LogP contribution < -0.4 is 0 Å². The van der Waals surface area contributed by atoms with Crippen LogP contribution in [-0.4, -0.2) is 40.7 Å². The molecule has 0 spiro atoms. The first kappa shape index (κ1) is 8.23.